The predicted molar refractivity (Wildman–Crippen MR) is 76.4 cm³/mol. The van der Waals surface area contributed by atoms with Gasteiger partial charge in [-0.3, -0.25) is 0 Å². The summed E-state index contributed by atoms with van der Waals surface area (Å²) < 4.78 is 4.98. The van der Waals surface area contributed by atoms with Crippen LogP contribution in [0.2, 0.25) is 0 Å². The van der Waals surface area contributed by atoms with Gasteiger partial charge in [0.2, 0.25) is 0 Å². The topological polar surface area (TPSA) is 47.0 Å². The van der Waals surface area contributed by atoms with Crippen LogP contribution in [0.4, 0.5) is 0 Å². The zero-order valence-electron chi connectivity index (χ0n) is 10.6. The van der Waals surface area contributed by atoms with E-state index in [0.29, 0.717) is 0 Å². The summed E-state index contributed by atoms with van der Waals surface area (Å²) in [7, 11) is 1.71. The van der Waals surface area contributed by atoms with Crippen LogP contribution in [-0.4, -0.2) is 36.8 Å². The minimum Gasteiger partial charge on any atom is -0.383 e. The number of methoxy groups -OCH3 is 1. The minimum absolute atomic E-state index is 0.751. The Morgan fingerprint density at radius 3 is 2.67 bits per heavy atom. The molecule has 0 aliphatic heterocycles. The van der Waals surface area contributed by atoms with E-state index in [2.05, 4.69) is 26.0 Å². The smallest absolute Gasteiger partial charge is 0.152 e. The molecule has 0 unspecified atom stereocenters. The summed E-state index contributed by atoms with van der Waals surface area (Å²) in [5, 5.41) is 9.54. The maximum Gasteiger partial charge on any atom is 0.152 e. The van der Waals surface area contributed by atoms with Gasteiger partial charge in [0.25, 0.3) is 0 Å². The highest BCUT2D eigenvalue weighted by atomic mass is 32.1. The van der Waals surface area contributed by atoms with Gasteiger partial charge in [-0.2, -0.15) is 0 Å². The lowest BCUT2D eigenvalue weighted by molar-refractivity contribution is 0.199. The summed E-state index contributed by atoms with van der Waals surface area (Å²) in [6.45, 7) is 4.58. The molecule has 0 fully saturated rings. The number of hydrogen-bond acceptors (Lipinski definition) is 6. The molecule has 1 N–H and O–H groups in total. The molecule has 0 atom stereocenters. The number of ether oxygens (including phenoxy) is 1. The van der Waals surface area contributed by atoms with Gasteiger partial charge in [-0.1, -0.05) is 0 Å². The third kappa shape index (κ3) is 3.84. The number of nitrogens with one attached hydrogen (secondary N) is 1. The molecule has 0 amide bonds. The Morgan fingerprint density at radius 1 is 1.17 bits per heavy atom. The minimum atomic E-state index is 0.751. The zero-order chi connectivity index (χ0) is 12.8. The molecule has 0 aromatic carbocycles. The first-order chi connectivity index (χ1) is 8.79. The number of thiazole rings is 2. The van der Waals surface area contributed by atoms with E-state index in [1.54, 1.807) is 29.8 Å². The van der Waals surface area contributed by atoms with Gasteiger partial charge >= 0.3 is 0 Å². The standard InChI is InChI=1S/C12H17N3OS2/c1-9-7-17-11(14-9)12-15-10(8-18-12)3-4-13-5-6-16-2/h7-8,13H,3-6H2,1-2H3. The van der Waals surface area contributed by atoms with Crippen LogP contribution in [0.15, 0.2) is 10.8 Å². The Bertz CT molecular complexity index is 481. The fourth-order valence-electron chi connectivity index (χ4n) is 1.49. The van der Waals surface area contributed by atoms with Crippen LogP contribution >= 0.6 is 22.7 Å². The van der Waals surface area contributed by atoms with Crippen LogP contribution in [0.5, 0.6) is 0 Å². The molecule has 0 saturated carbocycles. The van der Waals surface area contributed by atoms with Crippen molar-refractivity contribution in [2.45, 2.75) is 13.3 Å². The highest BCUT2D eigenvalue weighted by Gasteiger charge is 2.07. The van der Waals surface area contributed by atoms with Crippen molar-refractivity contribution in [1.29, 1.82) is 0 Å². The number of hydrogen-bond donors (Lipinski definition) is 1. The van der Waals surface area contributed by atoms with E-state index in [1.807, 2.05) is 6.92 Å². The van der Waals surface area contributed by atoms with Gasteiger partial charge in [-0.25, -0.2) is 9.97 Å². The van der Waals surface area contributed by atoms with Crippen molar-refractivity contribution in [2.75, 3.05) is 26.8 Å². The lowest BCUT2D eigenvalue weighted by atomic mass is 10.3. The SMILES string of the molecule is COCCNCCc1csc(-c2nc(C)cs2)n1. The van der Waals surface area contributed by atoms with Crippen LogP contribution in [0.25, 0.3) is 10.0 Å². The third-order valence-electron chi connectivity index (χ3n) is 2.39. The van der Waals surface area contributed by atoms with Crippen molar-refractivity contribution < 1.29 is 4.74 Å². The first-order valence-corrected chi connectivity index (χ1v) is 7.62. The van der Waals surface area contributed by atoms with Crippen molar-refractivity contribution in [2.24, 2.45) is 0 Å². The van der Waals surface area contributed by atoms with E-state index < -0.39 is 0 Å². The van der Waals surface area contributed by atoms with Crippen molar-refractivity contribution in [3.63, 3.8) is 0 Å². The first kappa shape index (κ1) is 13.6. The molecule has 2 aromatic rings. The molecular formula is C12H17N3OS2. The van der Waals surface area contributed by atoms with Crippen LogP contribution in [0, 0.1) is 6.92 Å². The lowest BCUT2D eigenvalue weighted by Crippen LogP contribution is -2.21. The maximum atomic E-state index is 4.98. The molecule has 4 nitrogen and oxygen atoms in total. The third-order valence-corrected chi connectivity index (χ3v) is 4.39. The molecule has 2 heterocycles. The molecule has 2 aromatic heterocycles. The number of nitrogens with zero attached hydrogens (tertiary/aromatic N) is 2. The van der Waals surface area contributed by atoms with E-state index in [1.165, 1.54) is 0 Å². The zero-order valence-corrected chi connectivity index (χ0v) is 12.2. The second kappa shape index (κ2) is 6.94. The number of rotatable bonds is 7. The number of aryl methyl sites for hydroxylation is 1. The molecule has 0 bridgehead atoms. The molecule has 98 valence electrons. The number of aromatic nitrogens is 2. The molecule has 0 spiro atoms. The summed E-state index contributed by atoms with van der Waals surface area (Å²) in [6.07, 6.45) is 0.949. The van der Waals surface area contributed by atoms with E-state index in [4.69, 9.17) is 4.74 Å². The molecule has 0 saturated heterocycles. The highest BCUT2D eigenvalue weighted by Crippen LogP contribution is 2.26. The fraction of sp³-hybridized carbons (Fsp3) is 0.500. The van der Waals surface area contributed by atoms with Gasteiger partial charge < -0.3 is 10.1 Å². The van der Waals surface area contributed by atoms with E-state index in [9.17, 15) is 0 Å². The summed E-state index contributed by atoms with van der Waals surface area (Å²) in [5.74, 6) is 0. The molecular weight excluding hydrogens is 266 g/mol. The molecule has 18 heavy (non-hydrogen) atoms. The molecule has 2 rings (SSSR count). The van der Waals surface area contributed by atoms with Gasteiger partial charge in [-0.15, -0.1) is 22.7 Å². The van der Waals surface area contributed by atoms with Crippen LogP contribution < -0.4 is 5.32 Å². The van der Waals surface area contributed by atoms with E-state index in [0.717, 1.165) is 47.5 Å². The van der Waals surface area contributed by atoms with Crippen LogP contribution in [0.3, 0.4) is 0 Å². The van der Waals surface area contributed by atoms with Gasteiger partial charge in [0.05, 0.1) is 12.3 Å². The Balaban J connectivity index is 1.83. The lowest BCUT2D eigenvalue weighted by Gasteiger charge is -2.01. The highest BCUT2D eigenvalue weighted by molar-refractivity contribution is 7.19. The first-order valence-electron chi connectivity index (χ1n) is 5.86. The van der Waals surface area contributed by atoms with Crippen molar-refractivity contribution in [3.8, 4) is 10.0 Å². The van der Waals surface area contributed by atoms with Gasteiger partial charge in [0.1, 0.15) is 0 Å². The molecule has 0 aliphatic rings. The molecule has 0 radical (unpaired) electrons. The van der Waals surface area contributed by atoms with E-state index in [-0.39, 0.29) is 0 Å². The Morgan fingerprint density at radius 2 is 1.94 bits per heavy atom. The van der Waals surface area contributed by atoms with Gasteiger partial charge in [-0.05, 0) is 6.92 Å². The van der Waals surface area contributed by atoms with Gasteiger partial charge in [0.15, 0.2) is 10.0 Å². The second-order valence-electron chi connectivity index (χ2n) is 3.93. The summed E-state index contributed by atoms with van der Waals surface area (Å²) in [4.78, 5) is 9.06. The van der Waals surface area contributed by atoms with Crippen molar-refractivity contribution >= 4 is 22.7 Å². The quantitative estimate of drug-likeness (QED) is 0.792. The fourth-order valence-corrected chi connectivity index (χ4v) is 3.19. The van der Waals surface area contributed by atoms with Crippen molar-refractivity contribution in [1.82, 2.24) is 15.3 Å². The average Bonchev–Trinajstić information content (AvgIpc) is 2.97. The monoisotopic (exact) mass is 283 g/mol. The predicted octanol–water partition coefficient (Wildman–Crippen LogP) is 2.35. The van der Waals surface area contributed by atoms with Crippen molar-refractivity contribution in [3.05, 3.63) is 22.1 Å². The Labute approximate surface area is 115 Å². The summed E-state index contributed by atoms with van der Waals surface area (Å²) in [5.41, 5.74) is 2.20. The van der Waals surface area contributed by atoms with Crippen LogP contribution in [-0.2, 0) is 11.2 Å². The normalized spacial score (nSPS) is 11.0. The maximum absolute atomic E-state index is 4.98. The summed E-state index contributed by atoms with van der Waals surface area (Å²) >= 11 is 3.32. The molecule has 6 heteroatoms. The average molecular weight is 283 g/mol. The largest absolute Gasteiger partial charge is 0.383 e. The second-order valence-corrected chi connectivity index (χ2v) is 5.65. The molecule has 0 aliphatic carbocycles. The summed E-state index contributed by atoms with van der Waals surface area (Å²) in [6, 6.07) is 0. The Hall–Kier alpha value is -0.820. The van der Waals surface area contributed by atoms with E-state index >= 15 is 0 Å². The Kier molecular flexibility index (Phi) is 5.25. The van der Waals surface area contributed by atoms with Gasteiger partial charge in [0, 0.05) is 43.1 Å². The van der Waals surface area contributed by atoms with Crippen LogP contribution in [0.1, 0.15) is 11.4 Å².